The Morgan fingerprint density at radius 2 is 2.00 bits per heavy atom. The van der Waals surface area contributed by atoms with E-state index in [0.29, 0.717) is 26.2 Å². The first kappa shape index (κ1) is 22.2. The van der Waals surface area contributed by atoms with Crippen LogP contribution >= 0.6 is 0 Å². The van der Waals surface area contributed by atoms with Gasteiger partial charge in [0.1, 0.15) is 24.9 Å². The number of carbonyl (C=O) groups is 1. The molecule has 0 bridgehead atoms. The number of ether oxygens (including phenoxy) is 2. The molecule has 0 spiro atoms. The summed E-state index contributed by atoms with van der Waals surface area (Å²) in [5.74, 6) is 3.95. The number of fused-ring (bicyclic) bond motifs is 2. The van der Waals surface area contributed by atoms with E-state index in [4.69, 9.17) is 9.47 Å². The molecule has 3 aliphatic rings. The number of aromatic nitrogens is 3. The third-order valence-electron chi connectivity index (χ3n) is 6.85. The Kier molecular flexibility index (Phi) is 6.78. The second-order valence-corrected chi connectivity index (χ2v) is 9.33. The molecule has 33 heavy (non-hydrogen) atoms. The molecular formula is C24H34N6O3. The van der Waals surface area contributed by atoms with Crippen molar-refractivity contribution in [3.63, 3.8) is 0 Å². The van der Waals surface area contributed by atoms with E-state index in [-0.39, 0.29) is 11.8 Å². The Labute approximate surface area is 195 Å². The molecule has 0 radical (unpaired) electrons. The van der Waals surface area contributed by atoms with Gasteiger partial charge in [0.05, 0.1) is 5.92 Å². The van der Waals surface area contributed by atoms with Crippen LogP contribution in [0.1, 0.15) is 30.1 Å². The van der Waals surface area contributed by atoms with E-state index >= 15 is 0 Å². The van der Waals surface area contributed by atoms with E-state index in [2.05, 4.69) is 49.1 Å². The summed E-state index contributed by atoms with van der Waals surface area (Å²) < 4.78 is 13.6. The summed E-state index contributed by atoms with van der Waals surface area (Å²) in [6.45, 7) is 7.38. The number of benzene rings is 1. The Hall–Kier alpha value is -2.65. The standard InChI is InChI=1S/C24H34N6O3/c1-28-9-2-3-19(17-28)24(31)25-8-6-22-26-27-23-7-10-29(11-12-30(22)23)16-18-4-5-20-21(15-18)33-14-13-32-20/h4-5,15,19H,2-3,6-14,16-17H2,1H3,(H,25,31). The molecule has 5 rings (SSSR count). The van der Waals surface area contributed by atoms with Crippen molar-refractivity contribution in [3.05, 3.63) is 35.4 Å². The van der Waals surface area contributed by atoms with Crippen LogP contribution in [0.3, 0.4) is 0 Å². The van der Waals surface area contributed by atoms with Gasteiger partial charge in [0, 0.05) is 52.1 Å². The van der Waals surface area contributed by atoms with Gasteiger partial charge in [-0.3, -0.25) is 9.69 Å². The fourth-order valence-corrected chi connectivity index (χ4v) is 5.04. The number of hydrogen-bond acceptors (Lipinski definition) is 7. The van der Waals surface area contributed by atoms with E-state index in [1.54, 1.807) is 0 Å². The number of carbonyl (C=O) groups excluding carboxylic acids is 1. The first-order chi connectivity index (χ1) is 16.2. The quantitative estimate of drug-likeness (QED) is 0.700. The number of hydrogen-bond donors (Lipinski definition) is 1. The number of piperidine rings is 1. The molecule has 3 aliphatic heterocycles. The minimum atomic E-state index is 0.105. The molecule has 4 heterocycles. The molecule has 9 nitrogen and oxygen atoms in total. The molecule has 1 N–H and O–H groups in total. The highest BCUT2D eigenvalue weighted by molar-refractivity contribution is 5.78. The minimum Gasteiger partial charge on any atom is -0.486 e. The minimum absolute atomic E-state index is 0.105. The highest BCUT2D eigenvalue weighted by Crippen LogP contribution is 2.31. The zero-order valence-corrected chi connectivity index (χ0v) is 19.5. The second-order valence-electron chi connectivity index (χ2n) is 9.33. The van der Waals surface area contributed by atoms with E-state index in [1.165, 1.54) is 5.56 Å². The molecule has 9 heteroatoms. The summed E-state index contributed by atoms with van der Waals surface area (Å²) in [5.41, 5.74) is 1.23. The van der Waals surface area contributed by atoms with Crippen LogP contribution in [0.15, 0.2) is 18.2 Å². The molecule has 0 aliphatic carbocycles. The molecule has 1 fully saturated rings. The Balaban J connectivity index is 1.13. The van der Waals surface area contributed by atoms with Gasteiger partial charge in [-0.15, -0.1) is 10.2 Å². The Morgan fingerprint density at radius 3 is 2.88 bits per heavy atom. The zero-order valence-electron chi connectivity index (χ0n) is 19.5. The molecule has 1 aromatic carbocycles. The highest BCUT2D eigenvalue weighted by atomic mass is 16.6. The Morgan fingerprint density at radius 1 is 1.12 bits per heavy atom. The van der Waals surface area contributed by atoms with Crippen molar-refractivity contribution in [1.82, 2.24) is 29.9 Å². The van der Waals surface area contributed by atoms with Crippen molar-refractivity contribution in [2.75, 3.05) is 53.0 Å². The fourth-order valence-electron chi connectivity index (χ4n) is 5.04. The third-order valence-corrected chi connectivity index (χ3v) is 6.85. The summed E-state index contributed by atoms with van der Waals surface area (Å²) in [6, 6.07) is 6.22. The van der Waals surface area contributed by atoms with Gasteiger partial charge in [-0.05, 0) is 44.1 Å². The topological polar surface area (TPSA) is 84.8 Å². The second kappa shape index (κ2) is 10.1. The fraction of sp³-hybridized carbons (Fsp3) is 0.625. The molecule has 0 saturated carbocycles. The lowest BCUT2D eigenvalue weighted by Crippen LogP contribution is -2.42. The number of nitrogens with one attached hydrogen (secondary N) is 1. The van der Waals surface area contributed by atoms with Crippen molar-refractivity contribution in [2.45, 2.75) is 38.8 Å². The molecular weight excluding hydrogens is 420 g/mol. The molecule has 178 valence electrons. The van der Waals surface area contributed by atoms with Crippen molar-refractivity contribution in [1.29, 1.82) is 0 Å². The van der Waals surface area contributed by atoms with Crippen molar-refractivity contribution < 1.29 is 14.3 Å². The Bertz CT molecular complexity index is 977. The summed E-state index contributed by atoms with van der Waals surface area (Å²) in [7, 11) is 2.09. The van der Waals surface area contributed by atoms with Gasteiger partial charge in [0.15, 0.2) is 11.5 Å². The lowest BCUT2D eigenvalue weighted by molar-refractivity contribution is -0.126. The van der Waals surface area contributed by atoms with Crippen LogP contribution in [0.5, 0.6) is 11.5 Å². The van der Waals surface area contributed by atoms with Gasteiger partial charge >= 0.3 is 0 Å². The zero-order chi connectivity index (χ0) is 22.6. The van der Waals surface area contributed by atoms with Crippen molar-refractivity contribution in [3.8, 4) is 11.5 Å². The summed E-state index contributed by atoms with van der Waals surface area (Å²) in [6.07, 6.45) is 3.66. The maximum Gasteiger partial charge on any atom is 0.224 e. The number of nitrogens with zero attached hydrogens (tertiary/aromatic N) is 5. The van der Waals surface area contributed by atoms with Crippen LogP contribution < -0.4 is 14.8 Å². The lowest BCUT2D eigenvalue weighted by atomic mass is 9.97. The van der Waals surface area contributed by atoms with Gasteiger partial charge in [0.2, 0.25) is 5.91 Å². The van der Waals surface area contributed by atoms with Crippen LogP contribution in [-0.2, 0) is 30.7 Å². The predicted molar refractivity (Wildman–Crippen MR) is 123 cm³/mol. The number of likely N-dealkylation sites (tertiary alicyclic amines) is 1. The highest BCUT2D eigenvalue weighted by Gasteiger charge is 2.24. The van der Waals surface area contributed by atoms with Gasteiger partial charge in [-0.1, -0.05) is 6.07 Å². The van der Waals surface area contributed by atoms with Crippen LogP contribution in [0.2, 0.25) is 0 Å². The molecule has 1 saturated heterocycles. The summed E-state index contributed by atoms with van der Waals surface area (Å²) in [4.78, 5) is 17.2. The van der Waals surface area contributed by atoms with E-state index in [0.717, 1.165) is 81.7 Å². The molecule has 1 aromatic heterocycles. The van der Waals surface area contributed by atoms with Crippen molar-refractivity contribution in [2.24, 2.45) is 5.92 Å². The monoisotopic (exact) mass is 454 g/mol. The summed E-state index contributed by atoms with van der Waals surface area (Å²) in [5, 5.41) is 12.0. The van der Waals surface area contributed by atoms with Gasteiger partial charge in [0.25, 0.3) is 0 Å². The average molecular weight is 455 g/mol. The molecule has 1 amide bonds. The third kappa shape index (κ3) is 5.30. The maximum absolute atomic E-state index is 12.5. The van der Waals surface area contributed by atoms with Gasteiger partial charge < -0.3 is 24.3 Å². The lowest BCUT2D eigenvalue weighted by Gasteiger charge is -2.28. The van der Waals surface area contributed by atoms with Crippen molar-refractivity contribution >= 4 is 5.91 Å². The summed E-state index contributed by atoms with van der Waals surface area (Å²) >= 11 is 0. The average Bonchev–Trinajstić information content (AvgIpc) is 3.10. The maximum atomic E-state index is 12.5. The smallest absolute Gasteiger partial charge is 0.224 e. The number of amides is 1. The van der Waals surface area contributed by atoms with Gasteiger partial charge in [-0.25, -0.2) is 0 Å². The SMILES string of the molecule is CN1CCCC(C(=O)NCCc2nnc3n2CCN(Cc2ccc4c(c2)OCCO4)CC3)C1. The molecule has 1 unspecified atom stereocenters. The van der Waals surface area contributed by atoms with Crippen LogP contribution in [0.25, 0.3) is 0 Å². The largest absolute Gasteiger partial charge is 0.486 e. The predicted octanol–water partition coefficient (Wildman–Crippen LogP) is 1.11. The van der Waals surface area contributed by atoms with Crippen LogP contribution in [0, 0.1) is 5.92 Å². The van der Waals surface area contributed by atoms with Crippen LogP contribution in [0.4, 0.5) is 0 Å². The molecule has 1 atom stereocenters. The first-order valence-electron chi connectivity index (χ1n) is 12.1. The van der Waals surface area contributed by atoms with E-state index < -0.39 is 0 Å². The normalized spacial score (nSPS) is 21.3. The number of rotatable bonds is 6. The van der Waals surface area contributed by atoms with Gasteiger partial charge in [-0.2, -0.15) is 0 Å². The molecule has 2 aromatic rings. The van der Waals surface area contributed by atoms with E-state index in [1.807, 2.05) is 6.07 Å². The van der Waals surface area contributed by atoms with E-state index in [9.17, 15) is 4.79 Å². The van der Waals surface area contributed by atoms with Crippen LogP contribution in [-0.4, -0.2) is 83.5 Å². The first-order valence-corrected chi connectivity index (χ1v) is 12.1.